The summed E-state index contributed by atoms with van der Waals surface area (Å²) in [6, 6.07) is 16.9. The van der Waals surface area contributed by atoms with E-state index >= 15 is 0 Å². The molecule has 0 heterocycles. The van der Waals surface area contributed by atoms with Crippen LogP contribution in [0.1, 0.15) is 19.4 Å². The van der Waals surface area contributed by atoms with E-state index in [9.17, 15) is 22.4 Å². The van der Waals surface area contributed by atoms with Crippen LogP contribution < -0.4 is 19.1 Å². The Morgan fingerprint density at radius 1 is 0.974 bits per heavy atom. The van der Waals surface area contributed by atoms with E-state index < -0.39 is 40.2 Å². The monoisotopic (exact) mass is 557 g/mol. The van der Waals surface area contributed by atoms with E-state index in [2.05, 4.69) is 5.32 Å². The molecule has 0 saturated heterocycles. The molecule has 1 atom stereocenters. The van der Waals surface area contributed by atoms with Gasteiger partial charge in [-0.05, 0) is 55.8 Å². The molecule has 0 aliphatic rings. The van der Waals surface area contributed by atoms with Gasteiger partial charge in [-0.3, -0.25) is 13.9 Å². The molecule has 3 rings (SSSR count). The highest BCUT2D eigenvalue weighted by Gasteiger charge is 2.34. The molecule has 0 aromatic heterocycles. The molecule has 0 saturated carbocycles. The third kappa shape index (κ3) is 7.05. The number of benzene rings is 3. The Labute approximate surface area is 228 Å². The molecule has 1 N–H and O–H groups in total. The molecule has 9 nitrogen and oxygen atoms in total. The zero-order valence-electron chi connectivity index (χ0n) is 22.3. The van der Waals surface area contributed by atoms with Crippen molar-refractivity contribution in [1.82, 2.24) is 10.2 Å². The summed E-state index contributed by atoms with van der Waals surface area (Å²) in [6.45, 7) is 2.95. The van der Waals surface area contributed by atoms with Crippen molar-refractivity contribution in [2.75, 3.05) is 31.6 Å². The number of ether oxygens (including phenoxy) is 2. The number of rotatable bonds is 12. The molecule has 11 heteroatoms. The predicted octanol–water partition coefficient (Wildman–Crippen LogP) is 3.59. The van der Waals surface area contributed by atoms with Crippen molar-refractivity contribution in [1.29, 1.82) is 0 Å². The minimum atomic E-state index is -4.27. The summed E-state index contributed by atoms with van der Waals surface area (Å²) in [6.07, 6.45) is 0. The van der Waals surface area contributed by atoms with Crippen molar-refractivity contribution in [3.8, 4) is 11.5 Å². The van der Waals surface area contributed by atoms with E-state index in [0.29, 0.717) is 17.9 Å². The molecule has 0 radical (unpaired) electrons. The lowest BCUT2D eigenvalue weighted by Gasteiger charge is -2.32. The van der Waals surface area contributed by atoms with Gasteiger partial charge in [-0.2, -0.15) is 0 Å². The Morgan fingerprint density at radius 3 is 2.23 bits per heavy atom. The minimum absolute atomic E-state index is 0.0375. The zero-order chi connectivity index (χ0) is 28.6. The fraction of sp³-hybridized carbons (Fsp3) is 0.286. The molecule has 0 aliphatic heterocycles. The molecule has 208 valence electrons. The molecule has 3 aromatic rings. The van der Waals surface area contributed by atoms with Crippen molar-refractivity contribution in [2.45, 2.75) is 31.3 Å². The lowest BCUT2D eigenvalue weighted by atomic mass is 10.1. The first-order valence-corrected chi connectivity index (χ1v) is 13.7. The molecule has 2 amide bonds. The zero-order valence-corrected chi connectivity index (χ0v) is 23.1. The average Bonchev–Trinajstić information content (AvgIpc) is 2.95. The fourth-order valence-electron chi connectivity index (χ4n) is 3.92. The molecule has 0 bridgehead atoms. The lowest BCUT2D eigenvalue weighted by molar-refractivity contribution is -0.139. The number of anilines is 1. The first-order chi connectivity index (χ1) is 18.6. The Balaban J connectivity index is 2.10. The van der Waals surface area contributed by atoms with Crippen molar-refractivity contribution >= 4 is 27.5 Å². The summed E-state index contributed by atoms with van der Waals surface area (Å²) in [7, 11) is -1.45. The van der Waals surface area contributed by atoms with Gasteiger partial charge in [0.2, 0.25) is 11.8 Å². The standard InChI is InChI=1S/C28H32FN3O6S/c1-5-30-28(34)20(2)31(18-21-11-13-22(29)14-12-21)27(33)19-32(39(35,36)24-9-7-6-8-10-24)25-17-23(37-3)15-16-26(25)38-4/h6-17,20H,5,18-19H2,1-4H3,(H,30,34). The van der Waals surface area contributed by atoms with Crippen molar-refractivity contribution in [3.63, 3.8) is 0 Å². The smallest absolute Gasteiger partial charge is 0.264 e. The number of nitrogens with zero attached hydrogens (tertiary/aromatic N) is 2. The number of sulfonamides is 1. The summed E-state index contributed by atoms with van der Waals surface area (Å²) >= 11 is 0. The topological polar surface area (TPSA) is 105 Å². The molecular weight excluding hydrogens is 525 g/mol. The number of methoxy groups -OCH3 is 2. The first kappa shape index (κ1) is 29.4. The number of carbonyl (C=O) groups is 2. The highest BCUT2D eigenvalue weighted by atomic mass is 32.2. The quantitative estimate of drug-likeness (QED) is 0.365. The van der Waals surface area contributed by atoms with E-state index in [1.165, 1.54) is 61.6 Å². The Hall–Kier alpha value is -4.12. The third-order valence-electron chi connectivity index (χ3n) is 6.05. The maximum atomic E-state index is 13.9. The fourth-order valence-corrected chi connectivity index (χ4v) is 5.35. The maximum Gasteiger partial charge on any atom is 0.264 e. The van der Waals surface area contributed by atoms with Gasteiger partial charge in [-0.25, -0.2) is 12.8 Å². The summed E-state index contributed by atoms with van der Waals surface area (Å²) in [5, 5.41) is 2.69. The van der Waals surface area contributed by atoms with Gasteiger partial charge >= 0.3 is 0 Å². The van der Waals surface area contributed by atoms with E-state index in [4.69, 9.17) is 9.47 Å². The number of amides is 2. The van der Waals surface area contributed by atoms with Crippen LogP contribution in [-0.4, -0.2) is 58.5 Å². The van der Waals surface area contributed by atoms with E-state index in [0.717, 1.165) is 4.31 Å². The highest BCUT2D eigenvalue weighted by molar-refractivity contribution is 7.92. The van der Waals surface area contributed by atoms with Crippen LogP contribution in [0, 0.1) is 5.82 Å². The summed E-state index contributed by atoms with van der Waals surface area (Å²) in [5.41, 5.74) is 0.652. The van der Waals surface area contributed by atoms with Gasteiger partial charge < -0.3 is 19.7 Å². The van der Waals surface area contributed by atoms with Crippen LogP contribution in [-0.2, 0) is 26.2 Å². The van der Waals surface area contributed by atoms with Gasteiger partial charge in [0.05, 0.1) is 24.8 Å². The van der Waals surface area contributed by atoms with Crippen molar-refractivity contribution in [3.05, 3.63) is 84.2 Å². The second kappa shape index (κ2) is 13.1. The van der Waals surface area contributed by atoms with Crippen LogP contribution >= 0.6 is 0 Å². The van der Waals surface area contributed by atoms with Gasteiger partial charge in [0.1, 0.15) is 29.9 Å². The van der Waals surface area contributed by atoms with E-state index in [1.54, 1.807) is 44.2 Å². The summed E-state index contributed by atoms with van der Waals surface area (Å²) < 4.78 is 53.0. The number of hydrogen-bond donors (Lipinski definition) is 1. The molecule has 0 fully saturated rings. The van der Waals surface area contributed by atoms with E-state index in [1.807, 2.05) is 0 Å². The number of hydrogen-bond acceptors (Lipinski definition) is 6. The summed E-state index contributed by atoms with van der Waals surface area (Å²) in [4.78, 5) is 27.9. The SMILES string of the molecule is CCNC(=O)C(C)N(Cc1ccc(F)cc1)C(=O)CN(c1cc(OC)ccc1OC)S(=O)(=O)c1ccccc1. The third-order valence-corrected chi connectivity index (χ3v) is 7.82. The van der Waals surface area contributed by atoms with Gasteiger partial charge in [0.25, 0.3) is 10.0 Å². The average molecular weight is 558 g/mol. The number of likely N-dealkylation sites (N-methyl/N-ethyl adjacent to an activating group) is 1. The van der Waals surface area contributed by atoms with Gasteiger partial charge in [0.15, 0.2) is 0 Å². The summed E-state index contributed by atoms with van der Waals surface area (Å²) in [5.74, 6) is -0.958. The van der Waals surface area contributed by atoms with Crippen molar-refractivity contribution < 1.29 is 31.9 Å². The second-order valence-corrected chi connectivity index (χ2v) is 10.4. The highest BCUT2D eigenvalue weighted by Crippen LogP contribution is 2.36. The van der Waals surface area contributed by atoms with Gasteiger partial charge in [0, 0.05) is 19.2 Å². The van der Waals surface area contributed by atoms with Crippen LogP contribution in [0.5, 0.6) is 11.5 Å². The van der Waals surface area contributed by atoms with Crippen LogP contribution in [0.25, 0.3) is 0 Å². The number of nitrogens with one attached hydrogen (secondary N) is 1. The molecule has 3 aromatic carbocycles. The van der Waals surface area contributed by atoms with Crippen LogP contribution in [0.3, 0.4) is 0 Å². The number of halogens is 1. The number of carbonyl (C=O) groups excluding carboxylic acids is 2. The molecule has 0 spiro atoms. The molecular formula is C28H32FN3O6S. The Bertz CT molecular complexity index is 1380. The normalized spacial score (nSPS) is 11.8. The minimum Gasteiger partial charge on any atom is -0.497 e. The largest absolute Gasteiger partial charge is 0.497 e. The van der Waals surface area contributed by atoms with Crippen LogP contribution in [0.4, 0.5) is 10.1 Å². The Morgan fingerprint density at radius 2 is 1.64 bits per heavy atom. The lowest BCUT2D eigenvalue weighted by Crippen LogP contribution is -2.51. The molecule has 39 heavy (non-hydrogen) atoms. The maximum absolute atomic E-state index is 13.9. The second-order valence-electron chi connectivity index (χ2n) is 8.58. The predicted molar refractivity (Wildman–Crippen MR) is 146 cm³/mol. The van der Waals surface area contributed by atoms with Crippen LogP contribution in [0.15, 0.2) is 77.7 Å². The van der Waals surface area contributed by atoms with Crippen LogP contribution in [0.2, 0.25) is 0 Å². The van der Waals surface area contributed by atoms with Gasteiger partial charge in [-0.15, -0.1) is 0 Å². The first-order valence-electron chi connectivity index (χ1n) is 12.2. The molecule has 0 aliphatic carbocycles. The van der Waals surface area contributed by atoms with Crippen molar-refractivity contribution in [2.24, 2.45) is 0 Å². The molecule has 1 unspecified atom stereocenters. The van der Waals surface area contributed by atoms with Gasteiger partial charge in [-0.1, -0.05) is 30.3 Å². The Kier molecular flexibility index (Phi) is 9.89. The van der Waals surface area contributed by atoms with E-state index in [-0.39, 0.29) is 22.9 Å².